The van der Waals surface area contributed by atoms with E-state index in [1.165, 1.54) is 13.0 Å². The Morgan fingerprint density at radius 3 is 2.38 bits per heavy atom. The molecule has 0 saturated heterocycles. The number of aliphatic hydroxyl groups is 1. The molecule has 0 aromatic heterocycles. The highest BCUT2D eigenvalue weighted by atomic mass is 19.3. The van der Waals surface area contributed by atoms with Crippen LogP contribution in [0.1, 0.15) is 26.2 Å². The van der Waals surface area contributed by atoms with Crippen molar-refractivity contribution in [2.24, 2.45) is 0 Å². The van der Waals surface area contributed by atoms with Gasteiger partial charge in [0.05, 0.1) is 5.60 Å². The van der Waals surface area contributed by atoms with E-state index in [9.17, 15) is 18.3 Å². The second-order valence-electron chi connectivity index (χ2n) is 3.16. The zero-order chi connectivity index (χ0) is 10.5. The van der Waals surface area contributed by atoms with Gasteiger partial charge in [-0.3, -0.25) is 0 Å². The van der Waals surface area contributed by atoms with Gasteiger partial charge in [-0.1, -0.05) is 6.08 Å². The van der Waals surface area contributed by atoms with Crippen molar-refractivity contribution in [2.45, 2.75) is 31.8 Å². The molecule has 0 unspecified atom stereocenters. The Hall–Kier alpha value is -0.770. The first-order valence-electron chi connectivity index (χ1n) is 3.92. The molecule has 13 heavy (non-hydrogen) atoms. The number of hydrogen-bond donors (Lipinski definition) is 1. The fourth-order valence-corrected chi connectivity index (χ4v) is 0.887. The van der Waals surface area contributed by atoms with Gasteiger partial charge in [-0.2, -0.15) is 8.78 Å². The predicted molar refractivity (Wildman–Crippen MR) is 45.0 cm³/mol. The van der Waals surface area contributed by atoms with Crippen LogP contribution in [-0.4, -0.2) is 10.7 Å². The van der Waals surface area contributed by atoms with Gasteiger partial charge in [0, 0.05) is 6.42 Å². The van der Waals surface area contributed by atoms with Crippen molar-refractivity contribution in [2.75, 3.05) is 0 Å². The second-order valence-corrected chi connectivity index (χ2v) is 3.16. The van der Waals surface area contributed by atoms with E-state index >= 15 is 0 Å². The summed E-state index contributed by atoms with van der Waals surface area (Å²) < 4.78 is 35.5. The van der Waals surface area contributed by atoms with Crippen LogP contribution in [0.2, 0.25) is 0 Å². The molecule has 0 aliphatic rings. The Morgan fingerprint density at radius 1 is 1.46 bits per heavy atom. The lowest BCUT2D eigenvalue weighted by atomic mass is 9.96. The third kappa shape index (κ3) is 5.47. The van der Waals surface area contributed by atoms with Crippen LogP contribution in [0.25, 0.3) is 0 Å². The van der Waals surface area contributed by atoms with Gasteiger partial charge in [0.2, 0.25) is 0 Å². The molecule has 0 fully saturated rings. The fraction of sp³-hybridized carbons (Fsp3) is 0.556. The lowest BCUT2D eigenvalue weighted by Crippen LogP contribution is -2.22. The highest BCUT2D eigenvalue weighted by Gasteiger charge is 2.19. The smallest absolute Gasteiger partial charge is 0.301 e. The summed E-state index contributed by atoms with van der Waals surface area (Å²) in [7, 11) is 0. The van der Waals surface area contributed by atoms with Crippen molar-refractivity contribution in [1.29, 1.82) is 0 Å². The van der Waals surface area contributed by atoms with Crippen LogP contribution in [0, 0.1) is 0 Å². The Morgan fingerprint density at radius 2 is 2.00 bits per heavy atom. The van der Waals surface area contributed by atoms with Gasteiger partial charge in [-0.25, -0.2) is 4.39 Å². The van der Waals surface area contributed by atoms with Crippen LogP contribution in [0.5, 0.6) is 0 Å². The lowest BCUT2D eigenvalue weighted by Gasteiger charge is -2.20. The topological polar surface area (TPSA) is 20.2 Å². The zero-order valence-corrected chi connectivity index (χ0v) is 7.49. The molecule has 0 aromatic rings. The van der Waals surface area contributed by atoms with Crippen molar-refractivity contribution < 1.29 is 18.3 Å². The Labute approximate surface area is 75.6 Å². The molecule has 0 aliphatic heterocycles. The van der Waals surface area contributed by atoms with E-state index in [0.717, 1.165) is 0 Å². The van der Waals surface area contributed by atoms with Crippen molar-refractivity contribution in [1.82, 2.24) is 0 Å². The average Bonchev–Trinajstić information content (AvgIpc) is 2.00. The summed E-state index contributed by atoms with van der Waals surface area (Å²) >= 11 is 0. The van der Waals surface area contributed by atoms with E-state index in [4.69, 9.17) is 0 Å². The highest BCUT2D eigenvalue weighted by molar-refractivity contribution is 4.94. The minimum atomic E-state index is -2.31. The first-order chi connectivity index (χ1) is 5.89. The average molecular weight is 194 g/mol. The van der Waals surface area contributed by atoms with Gasteiger partial charge in [0.25, 0.3) is 0 Å². The van der Waals surface area contributed by atoms with Crippen molar-refractivity contribution in [3.63, 3.8) is 0 Å². The summed E-state index contributed by atoms with van der Waals surface area (Å²) in [6, 6.07) is 0. The predicted octanol–water partition coefficient (Wildman–Crippen LogP) is 3.17. The summed E-state index contributed by atoms with van der Waals surface area (Å²) in [6.07, 6.45) is -1.07. The highest BCUT2D eigenvalue weighted by Crippen LogP contribution is 2.23. The normalized spacial score (nSPS) is 14.8. The van der Waals surface area contributed by atoms with Gasteiger partial charge in [0.1, 0.15) is 0 Å². The summed E-state index contributed by atoms with van der Waals surface area (Å²) in [5, 5.41) is 9.44. The third-order valence-electron chi connectivity index (χ3n) is 1.67. The summed E-state index contributed by atoms with van der Waals surface area (Å²) in [6.45, 7) is 4.85. The molecule has 76 valence electrons. The minimum absolute atomic E-state index is 0.0395. The monoisotopic (exact) mass is 194 g/mol. The fourth-order valence-electron chi connectivity index (χ4n) is 0.887. The van der Waals surface area contributed by atoms with E-state index in [1.54, 1.807) is 0 Å². The molecule has 1 atom stereocenters. The van der Waals surface area contributed by atoms with E-state index in [1.807, 2.05) is 0 Å². The molecule has 1 nitrogen and oxygen atoms in total. The quantitative estimate of drug-likeness (QED) is 0.666. The van der Waals surface area contributed by atoms with Crippen LogP contribution in [-0.2, 0) is 0 Å². The molecule has 0 spiro atoms. The maximum atomic E-state index is 12.3. The standard InChI is InChI=1S/C9H13F3O/c1-3-5-9(2,13)6-4-7(10)8(11)12/h3,13H,1,4-6H2,2H3/t9-/m1/s1. The molecule has 1 N–H and O–H groups in total. The molecule has 0 aliphatic carbocycles. The van der Waals surface area contributed by atoms with Crippen LogP contribution in [0.4, 0.5) is 13.2 Å². The molecular weight excluding hydrogens is 181 g/mol. The number of halogens is 3. The first kappa shape index (κ1) is 12.2. The van der Waals surface area contributed by atoms with Crippen LogP contribution < -0.4 is 0 Å². The van der Waals surface area contributed by atoms with Gasteiger partial charge in [-0.15, -0.1) is 6.58 Å². The Kier molecular flexibility index (Phi) is 4.77. The molecule has 0 amide bonds. The number of allylic oxidation sites excluding steroid dienone is 1. The molecule has 0 radical (unpaired) electrons. The third-order valence-corrected chi connectivity index (χ3v) is 1.67. The molecule has 0 rings (SSSR count). The van der Waals surface area contributed by atoms with Crippen LogP contribution in [0.15, 0.2) is 24.6 Å². The maximum absolute atomic E-state index is 12.3. The molecule has 0 saturated carbocycles. The van der Waals surface area contributed by atoms with Crippen LogP contribution in [0.3, 0.4) is 0 Å². The van der Waals surface area contributed by atoms with Crippen molar-refractivity contribution in [3.05, 3.63) is 24.6 Å². The Balaban J connectivity index is 4.01. The first-order valence-corrected chi connectivity index (χ1v) is 3.92. The SMILES string of the molecule is C=CC[C@@](C)(O)CCC(F)=C(F)F. The molecule has 0 aromatic carbocycles. The van der Waals surface area contributed by atoms with E-state index in [0.29, 0.717) is 0 Å². The molecular formula is C9H13F3O. The van der Waals surface area contributed by atoms with Gasteiger partial charge < -0.3 is 5.11 Å². The summed E-state index contributed by atoms with van der Waals surface area (Å²) in [5.74, 6) is -1.45. The van der Waals surface area contributed by atoms with Crippen LogP contribution >= 0.6 is 0 Å². The lowest BCUT2D eigenvalue weighted by molar-refractivity contribution is 0.0524. The van der Waals surface area contributed by atoms with E-state index in [-0.39, 0.29) is 12.8 Å². The molecule has 0 heterocycles. The molecule has 4 heteroatoms. The number of hydrogen-bond acceptors (Lipinski definition) is 1. The van der Waals surface area contributed by atoms with Crippen molar-refractivity contribution in [3.8, 4) is 0 Å². The summed E-state index contributed by atoms with van der Waals surface area (Å²) in [5.41, 5.74) is -1.16. The van der Waals surface area contributed by atoms with E-state index < -0.39 is 23.9 Å². The Bertz CT molecular complexity index is 205. The van der Waals surface area contributed by atoms with E-state index in [2.05, 4.69) is 6.58 Å². The zero-order valence-electron chi connectivity index (χ0n) is 7.49. The second kappa shape index (κ2) is 5.07. The molecule has 0 bridgehead atoms. The van der Waals surface area contributed by atoms with Gasteiger partial charge in [-0.05, 0) is 19.8 Å². The number of rotatable bonds is 5. The van der Waals surface area contributed by atoms with Gasteiger partial charge >= 0.3 is 6.08 Å². The van der Waals surface area contributed by atoms with Gasteiger partial charge in [0.15, 0.2) is 5.83 Å². The van der Waals surface area contributed by atoms with Crippen molar-refractivity contribution >= 4 is 0 Å². The maximum Gasteiger partial charge on any atom is 0.301 e. The summed E-state index contributed by atoms with van der Waals surface area (Å²) in [4.78, 5) is 0. The minimum Gasteiger partial charge on any atom is -0.390 e. The largest absolute Gasteiger partial charge is 0.390 e.